The molecule has 37 atom stereocenters. The van der Waals surface area contributed by atoms with Crippen molar-refractivity contribution in [2.24, 2.45) is 11.7 Å². The van der Waals surface area contributed by atoms with Gasteiger partial charge < -0.3 is 179 Å². The summed E-state index contributed by atoms with van der Waals surface area (Å²) in [6.07, 6.45) is -70.9. The predicted octanol–water partition coefficient (Wildman–Crippen LogP) is -13.6. The predicted molar refractivity (Wildman–Crippen MR) is 281 cm³/mol. The Morgan fingerprint density at radius 1 is 0.315 bits per heavy atom. The second-order valence-corrected chi connectivity index (χ2v) is 24.7. The molecule has 21 aliphatic heterocycles. The zero-order chi connectivity index (χ0) is 65.2. The number of carbonyl (C=O) groups is 2. The van der Waals surface area contributed by atoms with Crippen LogP contribution < -0.4 is 5.73 Å². The molecule has 0 spiro atoms. The van der Waals surface area contributed by atoms with Crippen LogP contribution in [-0.2, 0) is 75.9 Å². The van der Waals surface area contributed by atoms with Crippen molar-refractivity contribution < 1.29 is 183 Å². The van der Waals surface area contributed by atoms with Gasteiger partial charge in [-0.15, -0.1) is 0 Å². The summed E-state index contributed by atoms with van der Waals surface area (Å²) in [4.78, 5) is 23.3. The average molecular weight is 1340 g/mol. The van der Waals surface area contributed by atoms with Gasteiger partial charge in [-0.25, -0.2) is 0 Å². The van der Waals surface area contributed by atoms with Crippen molar-refractivity contribution in [2.75, 3.05) is 56.0 Å². The molecule has 23 N–H and O–H groups in total. The summed E-state index contributed by atoms with van der Waals surface area (Å²) < 4.78 is 81.8. The van der Waals surface area contributed by atoms with Crippen LogP contribution in [0.2, 0.25) is 0 Å². The van der Waals surface area contributed by atoms with Gasteiger partial charge in [0.25, 0.3) is 0 Å². The minimum atomic E-state index is -2.25. The Balaban J connectivity index is 1.11. The number of aliphatic hydroxyl groups excluding tert-OH is 19. The first kappa shape index (κ1) is 73.1. The van der Waals surface area contributed by atoms with E-state index in [1.807, 2.05) is 0 Å². The number of carboxylic acids is 2. The summed E-state index contributed by atoms with van der Waals surface area (Å²) in [5.41, 5.74) is 5.70. The normalized spacial score (nSPS) is 50.1. The van der Waals surface area contributed by atoms with Gasteiger partial charge in [0.15, 0.2) is 44.0 Å². The third kappa shape index (κ3) is 15.9. The first-order chi connectivity index (χ1) is 42.2. The maximum atomic E-state index is 11.7. The molecular weight excluding hydrogens is 1260 g/mol. The lowest BCUT2D eigenvalue weighted by molar-refractivity contribution is -0.395. The number of hydrogen-bond donors (Lipinski definition) is 22. The van der Waals surface area contributed by atoms with E-state index in [-0.39, 0.29) is 23.0 Å². The third-order valence-corrected chi connectivity index (χ3v) is 18.9. The van der Waals surface area contributed by atoms with Crippen molar-refractivity contribution in [1.82, 2.24) is 0 Å². The summed E-state index contributed by atoms with van der Waals surface area (Å²) in [6.45, 7) is -4.01. The van der Waals surface area contributed by atoms with Crippen LogP contribution >= 0.6 is 23.5 Å². The van der Waals surface area contributed by atoms with E-state index in [4.69, 9.17) is 72.0 Å². The van der Waals surface area contributed by atoms with Crippen LogP contribution in [0.4, 0.5) is 0 Å². The van der Waals surface area contributed by atoms with Gasteiger partial charge in [0, 0.05) is 23.0 Å². The fraction of sp³-hybridized carbons (Fsp3) is 0.959. The Morgan fingerprint density at radius 3 is 0.697 bits per heavy atom. The van der Waals surface area contributed by atoms with Gasteiger partial charge in [-0.3, -0.25) is 9.59 Å². The molecule has 38 nitrogen and oxygen atoms in total. The van der Waals surface area contributed by atoms with Gasteiger partial charge in [-0.1, -0.05) is 6.92 Å². The fourth-order valence-electron chi connectivity index (χ4n) is 11.2. The molecule has 0 aromatic carbocycles. The lowest BCUT2D eigenvalue weighted by atomic mass is 9.95. The maximum Gasteiger partial charge on any atom is 0.321 e. The summed E-state index contributed by atoms with van der Waals surface area (Å²) in [6, 6.07) is -1.46. The number of hydrogen-bond acceptors (Lipinski definition) is 38. The summed E-state index contributed by atoms with van der Waals surface area (Å²) in [5, 5.41) is 233. The minimum absolute atomic E-state index is 0.0967. The zero-order valence-corrected chi connectivity index (χ0v) is 48.7. The molecule has 0 amide bonds. The number of rotatable bonds is 15. The molecule has 0 radical (unpaired) electrons. The van der Waals surface area contributed by atoms with Gasteiger partial charge >= 0.3 is 11.9 Å². The molecule has 89 heavy (non-hydrogen) atoms. The second kappa shape index (κ2) is 31.9. The molecule has 516 valence electrons. The number of aliphatic hydroxyl groups is 19. The van der Waals surface area contributed by atoms with Crippen LogP contribution in [0.5, 0.6) is 0 Å². The fourth-order valence-corrected chi connectivity index (χ4v) is 13.4. The molecule has 0 aliphatic carbocycles. The van der Waals surface area contributed by atoms with Gasteiger partial charge in [0.05, 0.1) is 51.2 Å². The Hall–Kier alpha value is -1.72. The molecular formula is C49H81NO37S2. The van der Waals surface area contributed by atoms with Crippen LogP contribution in [0.25, 0.3) is 0 Å². The van der Waals surface area contributed by atoms with E-state index in [2.05, 4.69) is 0 Å². The summed E-state index contributed by atoms with van der Waals surface area (Å²) >= 11 is 1.72. The molecule has 14 bridgehead atoms. The number of aliphatic carboxylic acids is 2. The molecule has 0 saturated carbocycles. The quantitative estimate of drug-likeness (QED) is 0.0724. The van der Waals surface area contributed by atoms with E-state index in [9.17, 15) is 117 Å². The second-order valence-electron chi connectivity index (χ2n) is 22.5. The largest absolute Gasteiger partial charge is 0.481 e. The molecule has 21 rings (SSSR count). The van der Waals surface area contributed by atoms with Crippen molar-refractivity contribution >= 4 is 35.5 Å². The zero-order valence-electron chi connectivity index (χ0n) is 47.0. The van der Waals surface area contributed by atoms with Crippen molar-refractivity contribution in [3.63, 3.8) is 0 Å². The number of ether oxygens (including phenoxy) is 14. The Morgan fingerprint density at radius 2 is 0.506 bits per heavy atom. The average Bonchev–Trinajstić information content (AvgIpc) is 0.983. The van der Waals surface area contributed by atoms with E-state index in [0.717, 1.165) is 23.5 Å². The van der Waals surface area contributed by atoms with E-state index in [0.29, 0.717) is 0 Å². The van der Waals surface area contributed by atoms with Crippen molar-refractivity contribution in [3.05, 3.63) is 0 Å². The lowest BCUT2D eigenvalue weighted by Crippen LogP contribution is -2.68. The molecule has 21 fully saturated rings. The standard InChI is InChI=1S/C49H81NO37S2/c1-11(41(70)71)7-88-9-18-39-25(61)32(68)48(79-18)84-37-16(5-54)75-45(28(64)21(37)57)83-36-15(4-53)78-47(31(67)24(36)60)87-40-19(10-89-8-12(50)42(72)73)80-49(33(69)26(40)62)85-38-17(6-55)76-44(29(65)22(38)58)81-34-13(2-51)74-43(27(63)20(34)56)82-35-14(3-52)77-46(86-39)30(66)23(35)59/h11-40,43-49,51-69H,2-10,50H2,1H3,(H,70,71)(H,72,73)/t11-,12-,13?,14?,15?,16?,17?,18?,19?,20?,21-,22?,23-,24-,25-,26?,27+,28?,29+,30?,31?,32?,33+,34-,35-,36-,37-,38-,39-,40-,43-,44-,45?,46-,47?,48-,49+/m1/s1. The highest BCUT2D eigenvalue weighted by molar-refractivity contribution is 7.99. The molecule has 0 aromatic rings. The van der Waals surface area contributed by atoms with Crippen LogP contribution in [0.15, 0.2) is 0 Å². The van der Waals surface area contributed by atoms with Gasteiger partial charge in [0.2, 0.25) is 0 Å². The van der Waals surface area contributed by atoms with Gasteiger partial charge in [0.1, 0.15) is 165 Å². The highest BCUT2D eigenvalue weighted by Gasteiger charge is 2.60. The molecule has 21 saturated heterocycles. The Kier molecular flexibility index (Phi) is 26.2. The number of thioether (sulfide) groups is 2. The first-order valence-electron chi connectivity index (χ1n) is 28.3. The summed E-state index contributed by atoms with van der Waals surface area (Å²) in [5.74, 6) is -4.70. The highest BCUT2D eigenvalue weighted by atomic mass is 32.2. The van der Waals surface area contributed by atoms with Gasteiger partial charge in [-0.05, 0) is 0 Å². The van der Waals surface area contributed by atoms with Crippen LogP contribution in [0, 0.1) is 5.92 Å². The lowest BCUT2D eigenvalue weighted by Gasteiger charge is -2.50. The number of nitrogens with two attached hydrogens (primary N) is 1. The molecule has 21 heterocycles. The van der Waals surface area contributed by atoms with Crippen LogP contribution in [0.1, 0.15) is 6.92 Å². The van der Waals surface area contributed by atoms with E-state index < -0.39 is 272 Å². The minimum Gasteiger partial charge on any atom is -0.481 e. The Labute approximate surface area is 512 Å². The van der Waals surface area contributed by atoms with Crippen LogP contribution in [-0.4, -0.2) is 396 Å². The number of carboxylic acid groups (broad SMARTS) is 2. The summed E-state index contributed by atoms with van der Waals surface area (Å²) in [7, 11) is 0. The SMILES string of the molecule is C[C@H](CSCC1O[C@@H]2O[C@@H]3C(CO)OC(O[C@@H]4C(CO)OC(O[C@@H]5C(CSC[C@@H](N)C(=O)O)O[C@@H](O[C@@H]6C(CO)O[C@H](O[C@@H]7C(CO)O[C@H](O[C@@H]8C(CO)O[C@H](O[C@H]1[C@H](O)C2O)C(O)[C@H]8O)[C@@H](O)C7O)[C@@H](O)C6O)[C@@H](O)C5O)C(O)[C@H]4O)C(O)[C@H]3O)C(=O)O. The van der Waals surface area contributed by atoms with E-state index >= 15 is 0 Å². The van der Waals surface area contributed by atoms with E-state index in [1.54, 1.807) is 0 Å². The third-order valence-electron chi connectivity index (χ3n) is 16.4. The van der Waals surface area contributed by atoms with E-state index in [1.165, 1.54) is 6.92 Å². The molecule has 40 heteroatoms. The topological polar surface area (TPSA) is 614 Å². The van der Waals surface area contributed by atoms with Crippen molar-refractivity contribution in [1.29, 1.82) is 0 Å². The highest BCUT2D eigenvalue weighted by Crippen LogP contribution is 2.40. The van der Waals surface area contributed by atoms with Crippen molar-refractivity contribution in [3.8, 4) is 0 Å². The molecule has 0 aromatic heterocycles. The molecule has 21 aliphatic rings. The molecule has 16 unspecified atom stereocenters. The maximum absolute atomic E-state index is 11.7. The van der Waals surface area contributed by atoms with Crippen LogP contribution in [0.3, 0.4) is 0 Å². The monoisotopic (exact) mass is 1340 g/mol. The smallest absolute Gasteiger partial charge is 0.321 e. The Bertz CT molecular complexity index is 2190. The first-order valence-corrected chi connectivity index (χ1v) is 30.6. The van der Waals surface area contributed by atoms with Gasteiger partial charge in [-0.2, -0.15) is 23.5 Å². The van der Waals surface area contributed by atoms with Crippen molar-refractivity contribution in [2.45, 2.75) is 228 Å².